The number of aliphatic carboxylic acids is 1. The molecule has 2 aliphatic heterocycles. The Hall–Kier alpha value is -6.14. The predicted molar refractivity (Wildman–Crippen MR) is 271 cm³/mol. The van der Waals surface area contributed by atoms with Gasteiger partial charge in [-0.3, -0.25) is 24.2 Å². The lowest BCUT2D eigenvalue weighted by atomic mass is 9.91. The van der Waals surface area contributed by atoms with Gasteiger partial charge < -0.3 is 20.3 Å². The molecule has 8 rings (SSSR count). The van der Waals surface area contributed by atoms with Crippen molar-refractivity contribution in [3.05, 3.63) is 201 Å². The number of ketones is 3. The van der Waals surface area contributed by atoms with Gasteiger partial charge in [0.25, 0.3) is 0 Å². The summed E-state index contributed by atoms with van der Waals surface area (Å²) in [5, 5.41) is 9.66. The number of nitrogens with two attached hydrogens (primary N) is 1. The average molecular weight is 959 g/mol. The zero-order valence-electron chi connectivity index (χ0n) is 37.5. The van der Waals surface area contributed by atoms with E-state index < -0.39 is 12.6 Å². The van der Waals surface area contributed by atoms with Crippen LogP contribution in [-0.2, 0) is 22.7 Å². The molecule has 0 aromatic heterocycles. The van der Waals surface area contributed by atoms with E-state index in [-0.39, 0.29) is 31.4 Å². The topological polar surface area (TPSA) is 139 Å². The van der Waals surface area contributed by atoms with Crippen molar-refractivity contribution < 1.29 is 33.8 Å². The lowest BCUT2D eigenvalue weighted by Crippen LogP contribution is -2.39. The van der Waals surface area contributed by atoms with Crippen LogP contribution in [0.1, 0.15) is 82.5 Å². The third kappa shape index (κ3) is 17.8. The Kier molecular flexibility index (Phi) is 21.5. The highest BCUT2D eigenvalue weighted by Crippen LogP contribution is 2.24. The molecule has 0 amide bonds. The maximum absolute atomic E-state index is 12.5. The van der Waals surface area contributed by atoms with E-state index in [4.69, 9.17) is 43.5 Å². The molecule has 2 fully saturated rings. The first-order chi connectivity index (χ1) is 32.5. The average Bonchev–Trinajstić information content (AvgIpc) is 3.35. The first kappa shape index (κ1) is 52.8. The molecule has 356 valence electrons. The van der Waals surface area contributed by atoms with E-state index >= 15 is 0 Å². The maximum atomic E-state index is 12.5. The molecule has 0 radical (unpaired) electrons. The van der Waals surface area contributed by atoms with Crippen LogP contribution in [0.15, 0.2) is 158 Å². The monoisotopic (exact) mass is 957 g/mol. The van der Waals surface area contributed by atoms with Crippen molar-refractivity contribution >= 4 is 46.5 Å². The first-order valence-corrected chi connectivity index (χ1v) is 23.3. The standard InChI is InChI=1S/C28H28ClNO3.C15H11ClO4.C12H18N2.CH4/c29-25-10-6-23(7-11-25)28(32)24-8-12-27(13-9-24)33-20-26(31)18-21-14-16-30(17-15-21)19-22-4-2-1-3-5-22;16-12-5-1-10(2-6-12)15(19)11-3-7-13(8-4-11)20-9-14(17)18;13-12-6-8-14(9-7-12)10-11-4-2-1-3-5-11;/h1-13,21H,14-20H2;1-8H,9H2,(H,17,18);1-5,12H,6-10,13H2;1H4. The van der Waals surface area contributed by atoms with Gasteiger partial charge in [-0.15, -0.1) is 0 Å². The van der Waals surface area contributed by atoms with Crippen LogP contribution < -0.4 is 15.2 Å². The van der Waals surface area contributed by atoms with E-state index in [0.29, 0.717) is 62.2 Å². The molecule has 0 unspecified atom stereocenters. The molecular formula is C56H61Cl2N3O7. The molecular weight excluding hydrogens is 898 g/mol. The van der Waals surface area contributed by atoms with Gasteiger partial charge in [-0.05, 0) is 166 Å². The number of benzene rings is 6. The molecule has 0 saturated carbocycles. The van der Waals surface area contributed by atoms with Crippen LogP contribution in [0.3, 0.4) is 0 Å². The van der Waals surface area contributed by atoms with Crippen molar-refractivity contribution in [3.8, 4) is 11.5 Å². The fraction of sp³-hybridized carbons (Fsp3) is 0.286. The summed E-state index contributed by atoms with van der Waals surface area (Å²) in [5.41, 5.74) is 10.8. The highest BCUT2D eigenvalue weighted by atomic mass is 35.5. The minimum Gasteiger partial charge on any atom is -0.486 e. The third-order valence-electron chi connectivity index (χ3n) is 11.6. The van der Waals surface area contributed by atoms with E-state index in [0.717, 1.165) is 65.0 Å². The maximum Gasteiger partial charge on any atom is 0.341 e. The van der Waals surface area contributed by atoms with Gasteiger partial charge >= 0.3 is 5.97 Å². The van der Waals surface area contributed by atoms with Gasteiger partial charge in [0.15, 0.2) is 24.0 Å². The van der Waals surface area contributed by atoms with Gasteiger partial charge in [0.05, 0.1) is 0 Å². The van der Waals surface area contributed by atoms with Gasteiger partial charge in [-0.1, -0.05) is 91.3 Å². The number of hydrogen-bond acceptors (Lipinski definition) is 9. The molecule has 2 aliphatic rings. The SMILES string of the molecule is C.NC1CCN(Cc2ccccc2)CC1.O=C(COc1ccc(C(=O)c2ccc(Cl)cc2)cc1)CC1CCN(Cc2ccccc2)CC1.O=C(O)COc1ccc(C(=O)c2ccc(Cl)cc2)cc1. The van der Waals surface area contributed by atoms with Crippen LogP contribution in [0.5, 0.6) is 11.5 Å². The van der Waals surface area contributed by atoms with Gasteiger partial charge in [-0.25, -0.2) is 4.79 Å². The van der Waals surface area contributed by atoms with E-state index in [2.05, 4.69) is 64.4 Å². The number of ether oxygens (including phenoxy) is 2. The molecule has 2 heterocycles. The summed E-state index contributed by atoms with van der Waals surface area (Å²) < 4.78 is 10.7. The number of likely N-dealkylation sites (tertiary alicyclic amines) is 2. The minimum absolute atomic E-state index is 0. The molecule has 0 spiro atoms. The molecule has 2 saturated heterocycles. The van der Waals surface area contributed by atoms with Crippen LogP contribution in [-0.4, -0.2) is 83.7 Å². The van der Waals surface area contributed by atoms with Crippen molar-refractivity contribution in [1.29, 1.82) is 0 Å². The summed E-state index contributed by atoms with van der Waals surface area (Å²) in [7, 11) is 0. The smallest absolute Gasteiger partial charge is 0.341 e. The number of hydrogen-bond donors (Lipinski definition) is 2. The number of carboxylic acids is 1. The van der Waals surface area contributed by atoms with Crippen molar-refractivity contribution in [2.45, 2.75) is 58.7 Å². The Morgan fingerprint density at radius 2 is 0.868 bits per heavy atom. The van der Waals surface area contributed by atoms with Gasteiger partial charge in [0, 0.05) is 57.9 Å². The van der Waals surface area contributed by atoms with E-state index in [1.807, 2.05) is 6.07 Å². The Morgan fingerprint density at radius 3 is 1.25 bits per heavy atom. The number of carbonyl (C=O) groups is 4. The van der Waals surface area contributed by atoms with E-state index in [9.17, 15) is 19.2 Å². The molecule has 0 bridgehead atoms. The number of piperidine rings is 2. The lowest BCUT2D eigenvalue weighted by Gasteiger charge is -2.31. The Bertz CT molecular complexity index is 2460. The number of halogens is 2. The number of Topliss-reactive ketones (excluding diaryl/α,β-unsaturated/α-hetero) is 1. The van der Waals surface area contributed by atoms with Crippen LogP contribution in [0, 0.1) is 5.92 Å². The van der Waals surface area contributed by atoms with Crippen molar-refractivity contribution in [2.75, 3.05) is 39.4 Å². The number of rotatable bonds is 16. The molecule has 68 heavy (non-hydrogen) atoms. The van der Waals surface area contributed by atoms with E-state index in [1.165, 1.54) is 11.1 Å². The normalized spacial score (nSPS) is 14.2. The summed E-state index contributed by atoms with van der Waals surface area (Å²) in [6, 6.07) is 48.2. The highest BCUT2D eigenvalue weighted by molar-refractivity contribution is 6.31. The molecule has 0 aliphatic carbocycles. The molecule has 0 atom stereocenters. The summed E-state index contributed by atoms with van der Waals surface area (Å²) >= 11 is 11.7. The lowest BCUT2D eigenvalue weighted by molar-refractivity contribution is -0.139. The minimum atomic E-state index is -1.05. The summed E-state index contributed by atoms with van der Waals surface area (Å²) in [6.45, 7) is 6.05. The summed E-state index contributed by atoms with van der Waals surface area (Å²) in [4.78, 5) is 52.5. The quantitative estimate of drug-likeness (QED) is 0.0901. The largest absolute Gasteiger partial charge is 0.486 e. The molecule has 6 aromatic carbocycles. The number of nitrogens with zero attached hydrogens (tertiary/aromatic N) is 2. The second kappa shape index (κ2) is 27.6. The third-order valence-corrected chi connectivity index (χ3v) is 12.1. The van der Waals surface area contributed by atoms with Gasteiger partial charge in [-0.2, -0.15) is 0 Å². The summed E-state index contributed by atoms with van der Waals surface area (Å²) in [6.07, 6.45) is 4.94. The molecule has 6 aromatic rings. The molecule has 3 N–H and O–H groups in total. The second-order valence-electron chi connectivity index (χ2n) is 16.7. The zero-order valence-corrected chi connectivity index (χ0v) is 39.0. The van der Waals surface area contributed by atoms with Crippen molar-refractivity contribution in [1.82, 2.24) is 9.80 Å². The number of carboxylic acid groups (broad SMARTS) is 1. The van der Waals surface area contributed by atoms with Gasteiger partial charge in [0.2, 0.25) is 0 Å². The molecule has 12 heteroatoms. The summed E-state index contributed by atoms with van der Waals surface area (Å²) in [5.74, 6) is 0.282. The zero-order chi connectivity index (χ0) is 47.4. The fourth-order valence-corrected chi connectivity index (χ4v) is 8.03. The predicted octanol–water partition coefficient (Wildman–Crippen LogP) is 11.1. The highest BCUT2D eigenvalue weighted by Gasteiger charge is 2.22. The Balaban J connectivity index is 0.000000209. The van der Waals surface area contributed by atoms with Crippen LogP contribution in [0.4, 0.5) is 0 Å². The van der Waals surface area contributed by atoms with Crippen molar-refractivity contribution in [2.24, 2.45) is 11.7 Å². The fourth-order valence-electron chi connectivity index (χ4n) is 7.77. The van der Waals surface area contributed by atoms with Crippen LogP contribution in [0.25, 0.3) is 0 Å². The Labute approximate surface area is 410 Å². The van der Waals surface area contributed by atoms with Gasteiger partial charge in [0.1, 0.15) is 18.1 Å². The molecule has 10 nitrogen and oxygen atoms in total. The van der Waals surface area contributed by atoms with Crippen molar-refractivity contribution in [3.63, 3.8) is 0 Å². The Morgan fingerprint density at radius 1 is 0.515 bits per heavy atom. The van der Waals surface area contributed by atoms with Crippen LogP contribution >= 0.6 is 23.2 Å². The number of carbonyl (C=O) groups excluding carboxylic acids is 3. The van der Waals surface area contributed by atoms with E-state index in [1.54, 1.807) is 97.1 Å². The second-order valence-corrected chi connectivity index (χ2v) is 17.6. The first-order valence-electron chi connectivity index (χ1n) is 22.6. The van der Waals surface area contributed by atoms with Crippen LogP contribution in [0.2, 0.25) is 10.0 Å².